The summed E-state index contributed by atoms with van der Waals surface area (Å²) >= 11 is 0. The molecule has 0 aliphatic carbocycles. The molecule has 4 nitrogen and oxygen atoms in total. The summed E-state index contributed by atoms with van der Waals surface area (Å²) < 4.78 is 5.74. The van der Waals surface area contributed by atoms with Crippen molar-refractivity contribution in [2.24, 2.45) is 11.8 Å². The molecule has 146 valence electrons. The van der Waals surface area contributed by atoms with Gasteiger partial charge < -0.3 is 14.7 Å². The molecule has 2 rings (SSSR count). The quantitative estimate of drug-likeness (QED) is 0.636. The third kappa shape index (κ3) is 7.16. The zero-order chi connectivity index (χ0) is 19.6. The van der Waals surface area contributed by atoms with Crippen LogP contribution in [0.3, 0.4) is 0 Å². The van der Waals surface area contributed by atoms with E-state index in [4.69, 9.17) is 4.74 Å². The SMILES string of the molecule is Cc1ccc(C=Cc2ccc(N(C)CCOCC(CO)C(C)C)cc2)cn1. The van der Waals surface area contributed by atoms with Crippen LogP contribution in [-0.4, -0.2) is 43.5 Å². The Kier molecular flexibility index (Phi) is 8.49. The van der Waals surface area contributed by atoms with E-state index in [1.54, 1.807) is 0 Å². The van der Waals surface area contributed by atoms with Gasteiger partial charge in [0.05, 0.1) is 13.2 Å². The Labute approximate surface area is 163 Å². The van der Waals surface area contributed by atoms with Crippen LogP contribution in [0.25, 0.3) is 12.2 Å². The van der Waals surface area contributed by atoms with Crippen molar-refractivity contribution in [3.63, 3.8) is 0 Å². The highest BCUT2D eigenvalue weighted by Crippen LogP contribution is 2.16. The number of likely N-dealkylation sites (N-methyl/N-ethyl adjacent to an activating group) is 1. The lowest BCUT2D eigenvalue weighted by Crippen LogP contribution is -2.25. The topological polar surface area (TPSA) is 45.6 Å². The van der Waals surface area contributed by atoms with Crippen LogP contribution in [0.1, 0.15) is 30.7 Å². The molecule has 0 bridgehead atoms. The lowest BCUT2D eigenvalue weighted by atomic mass is 9.98. The molecule has 0 fully saturated rings. The van der Waals surface area contributed by atoms with Crippen molar-refractivity contribution < 1.29 is 9.84 Å². The molecular weight excluding hydrogens is 336 g/mol. The molecule has 0 aliphatic heterocycles. The number of hydrogen-bond donors (Lipinski definition) is 1. The Morgan fingerprint density at radius 3 is 2.33 bits per heavy atom. The minimum absolute atomic E-state index is 0.182. The highest BCUT2D eigenvalue weighted by atomic mass is 16.5. The first kappa shape index (κ1) is 21.1. The van der Waals surface area contributed by atoms with Crippen LogP contribution in [0.15, 0.2) is 42.6 Å². The molecule has 1 heterocycles. The molecule has 0 aliphatic rings. The summed E-state index contributed by atoms with van der Waals surface area (Å²) in [5.74, 6) is 0.647. The normalized spacial score (nSPS) is 12.7. The lowest BCUT2D eigenvalue weighted by molar-refractivity contribution is 0.0574. The third-order valence-electron chi connectivity index (χ3n) is 4.82. The molecular formula is C23H32N2O2. The molecule has 4 heteroatoms. The first-order valence-corrected chi connectivity index (χ1v) is 9.60. The Morgan fingerprint density at radius 1 is 1.07 bits per heavy atom. The maximum absolute atomic E-state index is 9.34. The zero-order valence-corrected chi connectivity index (χ0v) is 16.9. The maximum Gasteiger partial charge on any atom is 0.0641 e. The van der Waals surface area contributed by atoms with Crippen molar-refractivity contribution in [3.8, 4) is 0 Å². The average molecular weight is 369 g/mol. The number of ether oxygens (including phenoxy) is 1. The number of aryl methyl sites for hydroxylation is 1. The van der Waals surface area contributed by atoms with Crippen LogP contribution < -0.4 is 4.90 Å². The summed E-state index contributed by atoms with van der Waals surface area (Å²) in [7, 11) is 2.07. The van der Waals surface area contributed by atoms with E-state index < -0.39 is 0 Å². The van der Waals surface area contributed by atoms with E-state index in [1.807, 2.05) is 19.2 Å². The van der Waals surface area contributed by atoms with Gasteiger partial charge in [0.15, 0.2) is 0 Å². The van der Waals surface area contributed by atoms with Gasteiger partial charge in [0.1, 0.15) is 0 Å². The van der Waals surface area contributed by atoms with Gasteiger partial charge in [-0.25, -0.2) is 0 Å². The van der Waals surface area contributed by atoms with Gasteiger partial charge >= 0.3 is 0 Å². The van der Waals surface area contributed by atoms with Crippen LogP contribution in [0, 0.1) is 18.8 Å². The van der Waals surface area contributed by atoms with Gasteiger partial charge in [-0.05, 0) is 42.2 Å². The Bertz CT molecular complexity index is 693. The monoisotopic (exact) mass is 368 g/mol. The second kappa shape index (κ2) is 10.9. The molecule has 1 unspecified atom stereocenters. The average Bonchev–Trinajstić information content (AvgIpc) is 2.67. The number of aliphatic hydroxyl groups is 1. The van der Waals surface area contributed by atoms with E-state index in [1.165, 1.54) is 0 Å². The molecule has 1 N–H and O–H groups in total. The van der Waals surface area contributed by atoms with Crippen LogP contribution in [0.5, 0.6) is 0 Å². The smallest absolute Gasteiger partial charge is 0.0641 e. The minimum Gasteiger partial charge on any atom is -0.396 e. The number of rotatable bonds is 10. The van der Waals surface area contributed by atoms with Crippen LogP contribution >= 0.6 is 0 Å². The summed E-state index contributed by atoms with van der Waals surface area (Å²) in [5, 5.41) is 9.34. The number of aliphatic hydroxyl groups excluding tert-OH is 1. The van der Waals surface area contributed by atoms with Crippen molar-refractivity contribution in [2.45, 2.75) is 20.8 Å². The molecule has 0 radical (unpaired) electrons. The molecule has 0 spiro atoms. The minimum atomic E-state index is 0.182. The number of anilines is 1. The maximum atomic E-state index is 9.34. The fourth-order valence-corrected chi connectivity index (χ4v) is 2.63. The fourth-order valence-electron chi connectivity index (χ4n) is 2.63. The van der Waals surface area contributed by atoms with Crippen LogP contribution in [0.2, 0.25) is 0 Å². The molecule has 27 heavy (non-hydrogen) atoms. The molecule has 0 saturated carbocycles. The van der Waals surface area contributed by atoms with E-state index in [0.717, 1.165) is 29.1 Å². The van der Waals surface area contributed by atoms with Crippen molar-refractivity contribution in [2.75, 3.05) is 38.3 Å². The lowest BCUT2D eigenvalue weighted by Gasteiger charge is -2.22. The predicted octanol–water partition coefficient (Wildman–Crippen LogP) is 4.28. The number of aromatic nitrogens is 1. The van der Waals surface area contributed by atoms with Crippen LogP contribution in [0.4, 0.5) is 5.69 Å². The van der Waals surface area contributed by atoms with Gasteiger partial charge in [0, 0.05) is 43.7 Å². The Balaban J connectivity index is 1.80. The van der Waals surface area contributed by atoms with Crippen LogP contribution in [-0.2, 0) is 4.74 Å². The van der Waals surface area contributed by atoms with Crippen molar-refractivity contribution >= 4 is 17.8 Å². The first-order valence-electron chi connectivity index (χ1n) is 9.60. The third-order valence-corrected chi connectivity index (χ3v) is 4.82. The summed E-state index contributed by atoms with van der Waals surface area (Å²) in [4.78, 5) is 6.49. The second-order valence-electron chi connectivity index (χ2n) is 7.34. The summed E-state index contributed by atoms with van der Waals surface area (Å²) in [6, 6.07) is 12.6. The largest absolute Gasteiger partial charge is 0.396 e. The number of pyridine rings is 1. The number of benzene rings is 1. The van der Waals surface area contributed by atoms with E-state index in [-0.39, 0.29) is 12.5 Å². The van der Waals surface area contributed by atoms with Gasteiger partial charge in [-0.15, -0.1) is 0 Å². The highest BCUT2D eigenvalue weighted by Gasteiger charge is 2.12. The van der Waals surface area contributed by atoms with Crippen molar-refractivity contribution in [3.05, 3.63) is 59.4 Å². The standard InChI is InChI=1S/C23H32N2O2/c1-18(2)22(16-26)17-27-14-13-25(4)23-11-9-20(10-12-23)7-8-21-6-5-19(3)24-15-21/h5-12,15,18,22,26H,13-14,16-17H2,1-4H3. The van der Waals surface area contributed by atoms with E-state index in [9.17, 15) is 5.11 Å². The van der Waals surface area contributed by atoms with Crippen molar-refractivity contribution in [1.82, 2.24) is 4.98 Å². The molecule has 0 saturated heterocycles. The summed E-state index contributed by atoms with van der Waals surface area (Å²) in [5.41, 5.74) is 4.45. The van der Waals surface area contributed by atoms with Gasteiger partial charge in [-0.1, -0.05) is 44.2 Å². The molecule has 0 amide bonds. The van der Waals surface area contributed by atoms with Gasteiger partial charge in [0.25, 0.3) is 0 Å². The van der Waals surface area contributed by atoms with Gasteiger partial charge in [-0.2, -0.15) is 0 Å². The molecule has 1 atom stereocenters. The Morgan fingerprint density at radius 2 is 1.74 bits per heavy atom. The van der Waals surface area contributed by atoms with Gasteiger partial charge in [-0.3, -0.25) is 4.98 Å². The zero-order valence-electron chi connectivity index (χ0n) is 16.9. The first-order chi connectivity index (χ1) is 13.0. The highest BCUT2D eigenvalue weighted by molar-refractivity contribution is 5.70. The van der Waals surface area contributed by atoms with E-state index in [2.05, 4.69) is 73.3 Å². The van der Waals surface area contributed by atoms with E-state index in [0.29, 0.717) is 19.1 Å². The molecule has 1 aromatic heterocycles. The molecule has 2 aromatic rings. The number of nitrogens with zero attached hydrogens (tertiary/aromatic N) is 2. The predicted molar refractivity (Wildman–Crippen MR) is 114 cm³/mol. The second-order valence-corrected chi connectivity index (χ2v) is 7.34. The summed E-state index contributed by atoms with van der Waals surface area (Å²) in [6.07, 6.45) is 6.06. The van der Waals surface area contributed by atoms with Crippen molar-refractivity contribution in [1.29, 1.82) is 0 Å². The number of hydrogen-bond acceptors (Lipinski definition) is 4. The van der Waals surface area contributed by atoms with Gasteiger partial charge in [0.2, 0.25) is 0 Å². The fraction of sp³-hybridized carbons (Fsp3) is 0.435. The summed E-state index contributed by atoms with van der Waals surface area (Å²) in [6.45, 7) is 8.48. The van der Waals surface area contributed by atoms with E-state index >= 15 is 0 Å². The molecule has 1 aromatic carbocycles. The Hall–Kier alpha value is -2.17.